The van der Waals surface area contributed by atoms with E-state index in [-0.39, 0.29) is 11.2 Å². The van der Waals surface area contributed by atoms with Gasteiger partial charge in [0.15, 0.2) is 0 Å². The van der Waals surface area contributed by atoms with Gasteiger partial charge < -0.3 is 20.0 Å². The first-order valence-electron chi connectivity index (χ1n) is 7.63. The summed E-state index contributed by atoms with van der Waals surface area (Å²) in [4.78, 5) is 0. The van der Waals surface area contributed by atoms with Gasteiger partial charge in [0.1, 0.15) is 0 Å². The summed E-state index contributed by atoms with van der Waals surface area (Å²) in [6, 6.07) is 0.507. The van der Waals surface area contributed by atoms with E-state index in [2.05, 4.69) is 12.2 Å². The first-order valence-corrected chi connectivity index (χ1v) is 7.63. The van der Waals surface area contributed by atoms with Crippen molar-refractivity contribution >= 4 is 13.3 Å². The van der Waals surface area contributed by atoms with E-state index < -0.39 is 7.12 Å². The number of hydrogen-bond acceptors (Lipinski definition) is 4. The zero-order chi connectivity index (χ0) is 15.0. The molecule has 1 saturated heterocycles. The second-order valence-electron chi connectivity index (χ2n) is 6.90. The molecule has 2 N–H and O–H groups in total. The molecule has 1 saturated carbocycles. The normalized spacial score (nSPS) is 26.4. The van der Waals surface area contributed by atoms with E-state index in [0.717, 1.165) is 17.8 Å². The lowest BCUT2D eigenvalue weighted by atomic mass is 9.79. The van der Waals surface area contributed by atoms with Crippen molar-refractivity contribution in [2.24, 2.45) is 5.92 Å². The van der Waals surface area contributed by atoms with E-state index in [4.69, 9.17) is 14.7 Å². The highest BCUT2D eigenvalue weighted by Crippen LogP contribution is 2.38. The van der Waals surface area contributed by atoms with Crippen LogP contribution in [0.5, 0.6) is 0 Å². The predicted molar refractivity (Wildman–Crippen MR) is 82.9 cm³/mol. The Labute approximate surface area is 123 Å². The monoisotopic (exact) mass is 278 g/mol. The summed E-state index contributed by atoms with van der Waals surface area (Å²) in [7, 11) is -0.457. The van der Waals surface area contributed by atoms with Crippen molar-refractivity contribution in [2.45, 2.75) is 71.1 Å². The first-order chi connectivity index (χ1) is 9.30. The van der Waals surface area contributed by atoms with Gasteiger partial charge in [-0.2, -0.15) is 0 Å². The van der Waals surface area contributed by atoms with Crippen LogP contribution < -0.4 is 5.32 Å². The second-order valence-corrected chi connectivity index (χ2v) is 6.90. The topological polar surface area (TPSA) is 54.3 Å². The molecular formula is C15H27BN2O2. The van der Waals surface area contributed by atoms with E-state index in [1.54, 1.807) is 0 Å². The number of hydrogen-bond donors (Lipinski definition) is 2. The molecule has 2 fully saturated rings. The van der Waals surface area contributed by atoms with Gasteiger partial charge in [-0.15, -0.1) is 0 Å². The lowest BCUT2D eigenvalue weighted by molar-refractivity contribution is 0.00578. The highest BCUT2D eigenvalue weighted by atomic mass is 16.7. The Morgan fingerprint density at radius 1 is 1.30 bits per heavy atom. The summed E-state index contributed by atoms with van der Waals surface area (Å²) in [6.45, 7) is 10.3. The molecule has 0 amide bonds. The van der Waals surface area contributed by atoms with Crippen molar-refractivity contribution in [2.75, 3.05) is 0 Å². The molecule has 0 spiro atoms. The van der Waals surface area contributed by atoms with Crippen molar-refractivity contribution in [3.63, 3.8) is 0 Å². The van der Waals surface area contributed by atoms with Crippen molar-refractivity contribution in [1.29, 1.82) is 5.41 Å². The summed E-state index contributed by atoms with van der Waals surface area (Å²) in [5, 5.41) is 11.1. The number of rotatable bonds is 6. The molecular weight excluding hydrogens is 251 g/mol. The van der Waals surface area contributed by atoms with E-state index >= 15 is 0 Å². The highest BCUT2D eigenvalue weighted by Gasteiger charge is 2.52. The van der Waals surface area contributed by atoms with Crippen molar-refractivity contribution in [1.82, 2.24) is 5.32 Å². The highest BCUT2D eigenvalue weighted by molar-refractivity contribution is 6.60. The Balaban J connectivity index is 2.03. The average Bonchev–Trinajstić information content (AvgIpc) is 3.14. The van der Waals surface area contributed by atoms with Gasteiger partial charge in [-0.05, 0) is 59.1 Å². The molecule has 1 aliphatic heterocycles. The quantitative estimate of drug-likeness (QED) is 0.580. The minimum Gasteiger partial charge on any atom is -0.399 e. The largest absolute Gasteiger partial charge is 0.497 e. The van der Waals surface area contributed by atoms with Gasteiger partial charge in [-0.1, -0.05) is 6.92 Å². The van der Waals surface area contributed by atoms with E-state index in [0.29, 0.717) is 6.04 Å². The predicted octanol–water partition coefficient (Wildman–Crippen LogP) is 2.93. The molecule has 0 aromatic rings. The third-order valence-electron chi connectivity index (χ3n) is 4.79. The van der Waals surface area contributed by atoms with E-state index in [1.807, 2.05) is 33.9 Å². The smallest absolute Gasteiger partial charge is 0.399 e. The summed E-state index contributed by atoms with van der Waals surface area (Å²) in [5.41, 5.74) is 0.0312. The fourth-order valence-electron chi connectivity index (χ4n) is 2.45. The molecule has 0 bridgehead atoms. The van der Waals surface area contributed by atoms with Crippen LogP contribution in [0.25, 0.3) is 0 Å². The van der Waals surface area contributed by atoms with Gasteiger partial charge >= 0.3 is 7.12 Å². The molecule has 0 aromatic carbocycles. The molecule has 5 heteroatoms. The summed E-state index contributed by atoms with van der Waals surface area (Å²) >= 11 is 0. The Kier molecular flexibility index (Phi) is 4.31. The zero-order valence-electron chi connectivity index (χ0n) is 13.3. The Morgan fingerprint density at radius 2 is 1.85 bits per heavy atom. The van der Waals surface area contributed by atoms with Crippen LogP contribution in [-0.4, -0.2) is 30.6 Å². The summed E-state index contributed by atoms with van der Waals surface area (Å²) < 4.78 is 12.0. The van der Waals surface area contributed by atoms with Crippen LogP contribution in [0.1, 0.15) is 53.9 Å². The number of nitrogens with one attached hydrogen (secondary N) is 2. The third-order valence-corrected chi connectivity index (χ3v) is 4.79. The molecule has 2 aliphatic rings. The van der Waals surface area contributed by atoms with Crippen molar-refractivity contribution in [3.8, 4) is 0 Å². The molecule has 2 rings (SSSR count). The molecule has 0 radical (unpaired) electrons. The molecule has 1 aliphatic carbocycles. The minimum atomic E-state index is -0.457. The lowest BCUT2D eigenvalue weighted by Gasteiger charge is -2.32. The third kappa shape index (κ3) is 3.09. The average molecular weight is 278 g/mol. The Morgan fingerprint density at radius 3 is 2.25 bits per heavy atom. The van der Waals surface area contributed by atoms with Crippen LogP contribution in [-0.2, 0) is 9.31 Å². The Hall–Kier alpha value is -0.805. The first kappa shape index (κ1) is 15.6. The van der Waals surface area contributed by atoms with Crippen LogP contribution >= 0.6 is 0 Å². The molecule has 0 aromatic heterocycles. The summed E-state index contributed by atoms with van der Waals surface area (Å²) in [5.74, 6) is 0.793. The summed E-state index contributed by atoms with van der Waals surface area (Å²) in [6.07, 6.45) is 6.97. The molecule has 20 heavy (non-hydrogen) atoms. The van der Waals surface area contributed by atoms with Crippen LogP contribution in [0, 0.1) is 11.3 Å². The molecule has 112 valence electrons. The maximum atomic E-state index is 7.61. The van der Waals surface area contributed by atoms with Gasteiger partial charge in [0, 0.05) is 17.7 Å². The molecule has 4 nitrogen and oxygen atoms in total. The fourth-order valence-corrected chi connectivity index (χ4v) is 2.45. The molecule has 1 heterocycles. The van der Waals surface area contributed by atoms with Crippen LogP contribution in [0.4, 0.5) is 0 Å². The number of allylic oxidation sites excluding steroid dienone is 1. The fraction of sp³-hybridized carbons (Fsp3) is 0.800. The van der Waals surface area contributed by atoms with Crippen LogP contribution in [0.3, 0.4) is 0 Å². The lowest BCUT2D eigenvalue weighted by Crippen LogP contribution is -2.41. The van der Waals surface area contributed by atoms with Gasteiger partial charge in [0.2, 0.25) is 0 Å². The minimum absolute atomic E-state index is 0.361. The van der Waals surface area contributed by atoms with Gasteiger partial charge in [-0.25, -0.2) is 0 Å². The molecule has 1 atom stereocenters. The maximum absolute atomic E-state index is 7.61. The van der Waals surface area contributed by atoms with Gasteiger partial charge in [-0.3, -0.25) is 0 Å². The van der Waals surface area contributed by atoms with E-state index in [9.17, 15) is 0 Å². The maximum Gasteiger partial charge on any atom is 0.497 e. The second kappa shape index (κ2) is 5.53. The van der Waals surface area contributed by atoms with Crippen LogP contribution in [0.2, 0.25) is 0 Å². The Bertz CT molecular complexity index is 387. The van der Waals surface area contributed by atoms with Gasteiger partial charge in [0.25, 0.3) is 0 Å². The molecule has 1 unspecified atom stereocenters. The van der Waals surface area contributed by atoms with Crippen molar-refractivity contribution < 1.29 is 9.31 Å². The van der Waals surface area contributed by atoms with Crippen LogP contribution in [0.15, 0.2) is 11.7 Å². The van der Waals surface area contributed by atoms with Gasteiger partial charge in [0.05, 0.1) is 11.2 Å². The standard InChI is InChI=1S/C15H27BN2O2/c1-6-13(11-7-8-11)18-10-12(9-17)16-19-14(2,3)15(4,5)20-16/h9-11,13,17-18H,6-8H2,1-5H3/b12-10+,17-9?. The van der Waals surface area contributed by atoms with E-state index in [1.165, 1.54) is 19.1 Å². The zero-order valence-corrected chi connectivity index (χ0v) is 13.3. The van der Waals surface area contributed by atoms with Crippen molar-refractivity contribution in [3.05, 3.63) is 11.7 Å². The SMILES string of the molecule is CCC(N/C=C(\C=N)B1OC(C)(C)C(C)(C)O1)C1CC1.